The molecule has 0 atom stereocenters. The van der Waals surface area contributed by atoms with Crippen molar-refractivity contribution in [2.75, 3.05) is 12.3 Å². The molecule has 1 N–H and O–H groups in total. The van der Waals surface area contributed by atoms with E-state index in [1.165, 1.54) is 29.5 Å². The maximum Gasteiger partial charge on any atom is 0.230 e. The summed E-state index contributed by atoms with van der Waals surface area (Å²) in [6.45, 7) is 3.41. The van der Waals surface area contributed by atoms with Crippen molar-refractivity contribution in [2.45, 2.75) is 36.6 Å². The molecule has 0 saturated heterocycles. The third kappa shape index (κ3) is 6.88. The van der Waals surface area contributed by atoms with Crippen molar-refractivity contribution < 1.29 is 9.18 Å². The van der Waals surface area contributed by atoms with Crippen molar-refractivity contribution in [1.29, 1.82) is 0 Å². The van der Waals surface area contributed by atoms with E-state index in [2.05, 4.69) is 27.6 Å². The highest BCUT2D eigenvalue weighted by molar-refractivity contribution is 7.99. The second kappa shape index (κ2) is 11.8. The number of aromatic nitrogens is 3. The van der Waals surface area contributed by atoms with Crippen molar-refractivity contribution in [3.05, 3.63) is 77.4 Å². The third-order valence-electron chi connectivity index (χ3n) is 4.43. The number of carbonyl (C=O) groups is 1. The van der Waals surface area contributed by atoms with Gasteiger partial charge < -0.3 is 9.88 Å². The SMILES string of the molecule is CCn1c(CSCc2ccc(F)cc2)nnc1SCC(=O)NCCc1ccccc1. The second-order valence-corrected chi connectivity index (χ2v) is 8.56. The standard InChI is InChI=1S/C22H25FN4OS2/c1-2-27-20(15-29-14-18-8-10-19(23)11-9-18)25-26-22(27)30-16-21(28)24-13-12-17-6-4-3-5-7-17/h3-11H,2,12-16H2,1H3,(H,24,28). The molecule has 1 amide bonds. The van der Waals surface area contributed by atoms with E-state index in [0.717, 1.165) is 35.3 Å². The van der Waals surface area contributed by atoms with Gasteiger partial charge in [0.2, 0.25) is 5.91 Å². The molecule has 0 aliphatic heterocycles. The van der Waals surface area contributed by atoms with Crippen molar-refractivity contribution in [3.8, 4) is 0 Å². The molecule has 0 spiro atoms. The number of hydrogen-bond donors (Lipinski definition) is 1. The van der Waals surface area contributed by atoms with E-state index in [0.29, 0.717) is 18.1 Å². The quantitative estimate of drug-likeness (QED) is 0.446. The van der Waals surface area contributed by atoms with Crippen molar-refractivity contribution in [1.82, 2.24) is 20.1 Å². The minimum Gasteiger partial charge on any atom is -0.355 e. The van der Waals surface area contributed by atoms with Gasteiger partial charge in [0.1, 0.15) is 11.6 Å². The summed E-state index contributed by atoms with van der Waals surface area (Å²) in [7, 11) is 0. The van der Waals surface area contributed by atoms with E-state index < -0.39 is 0 Å². The van der Waals surface area contributed by atoms with Gasteiger partial charge >= 0.3 is 0 Å². The molecule has 0 bridgehead atoms. The Balaban J connectivity index is 1.42. The van der Waals surface area contributed by atoms with Crippen LogP contribution in [0.1, 0.15) is 23.9 Å². The minimum absolute atomic E-state index is 0.00572. The summed E-state index contributed by atoms with van der Waals surface area (Å²) in [5.41, 5.74) is 2.28. The van der Waals surface area contributed by atoms with Gasteiger partial charge in [0.05, 0.1) is 11.5 Å². The summed E-state index contributed by atoms with van der Waals surface area (Å²) < 4.78 is 15.0. The summed E-state index contributed by atoms with van der Waals surface area (Å²) in [5, 5.41) is 12.3. The molecule has 0 aliphatic carbocycles. The lowest BCUT2D eigenvalue weighted by Gasteiger charge is -2.08. The van der Waals surface area contributed by atoms with Crippen molar-refractivity contribution in [3.63, 3.8) is 0 Å². The molecule has 8 heteroatoms. The molecule has 30 heavy (non-hydrogen) atoms. The van der Waals surface area contributed by atoms with Gasteiger partial charge in [0.25, 0.3) is 0 Å². The summed E-state index contributed by atoms with van der Waals surface area (Å²) in [5.74, 6) is 2.46. The van der Waals surface area contributed by atoms with Gasteiger partial charge in [-0.2, -0.15) is 0 Å². The van der Waals surface area contributed by atoms with Gasteiger partial charge in [-0.1, -0.05) is 54.2 Å². The third-order valence-corrected chi connectivity index (χ3v) is 6.40. The van der Waals surface area contributed by atoms with Gasteiger partial charge in [-0.05, 0) is 36.6 Å². The van der Waals surface area contributed by atoms with Gasteiger partial charge in [-0.15, -0.1) is 22.0 Å². The van der Waals surface area contributed by atoms with Crippen LogP contribution in [0.3, 0.4) is 0 Å². The van der Waals surface area contributed by atoms with E-state index in [1.807, 2.05) is 29.7 Å². The Morgan fingerprint density at radius 3 is 2.53 bits per heavy atom. The monoisotopic (exact) mass is 444 g/mol. The van der Waals surface area contributed by atoms with Crippen LogP contribution in [-0.4, -0.2) is 33.0 Å². The summed E-state index contributed by atoms with van der Waals surface area (Å²) in [6.07, 6.45) is 0.817. The molecule has 158 valence electrons. The highest BCUT2D eigenvalue weighted by atomic mass is 32.2. The lowest BCUT2D eigenvalue weighted by molar-refractivity contribution is -0.118. The van der Waals surface area contributed by atoms with E-state index in [4.69, 9.17) is 0 Å². The summed E-state index contributed by atoms with van der Waals surface area (Å²) in [4.78, 5) is 12.1. The minimum atomic E-state index is -0.222. The number of halogens is 1. The number of nitrogens with one attached hydrogen (secondary N) is 1. The highest BCUT2D eigenvalue weighted by Gasteiger charge is 2.13. The molecule has 0 unspecified atom stereocenters. The number of rotatable bonds is 11. The average Bonchev–Trinajstić information content (AvgIpc) is 3.16. The summed E-state index contributed by atoms with van der Waals surface area (Å²) >= 11 is 3.11. The predicted octanol–water partition coefficient (Wildman–Crippen LogP) is 4.32. The first-order valence-electron chi connectivity index (χ1n) is 9.83. The molecule has 1 heterocycles. The van der Waals surface area contributed by atoms with Crippen LogP contribution >= 0.6 is 23.5 Å². The Morgan fingerprint density at radius 1 is 1.03 bits per heavy atom. The normalized spacial score (nSPS) is 10.9. The Labute approximate surface area is 184 Å². The maximum atomic E-state index is 13.0. The fourth-order valence-corrected chi connectivity index (χ4v) is 4.64. The molecule has 3 rings (SSSR count). The highest BCUT2D eigenvalue weighted by Crippen LogP contribution is 2.21. The molecule has 0 aliphatic rings. The zero-order valence-electron chi connectivity index (χ0n) is 16.9. The Hall–Kier alpha value is -2.32. The Kier molecular flexibility index (Phi) is 8.77. The first kappa shape index (κ1) is 22.4. The van der Waals surface area contributed by atoms with Gasteiger partial charge in [0, 0.05) is 18.8 Å². The fraction of sp³-hybridized carbons (Fsp3) is 0.318. The van der Waals surface area contributed by atoms with Crippen LogP contribution in [0.2, 0.25) is 0 Å². The average molecular weight is 445 g/mol. The van der Waals surface area contributed by atoms with Crippen molar-refractivity contribution >= 4 is 29.4 Å². The number of thioether (sulfide) groups is 2. The zero-order chi connectivity index (χ0) is 21.2. The lowest BCUT2D eigenvalue weighted by Crippen LogP contribution is -2.27. The van der Waals surface area contributed by atoms with Crippen LogP contribution in [0.25, 0.3) is 0 Å². The summed E-state index contributed by atoms with van der Waals surface area (Å²) in [6, 6.07) is 16.6. The van der Waals surface area contributed by atoms with Crippen LogP contribution in [0.5, 0.6) is 0 Å². The second-order valence-electron chi connectivity index (χ2n) is 6.64. The van der Waals surface area contributed by atoms with Crippen molar-refractivity contribution in [2.24, 2.45) is 0 Å². The van der Waals surface area contributed by atoms with Crippen LogP contribution in [0.4, 0.5) is 4.39 Å². The van der Waals surface area contributed by atoms with Gasteiger partial charge in [-0.25, -0.2) is 4.39 Å². The smallest absolute Gasteiger partial charge is 0.230 e. The molecule has 1 aromatic heterocycles. The Morgan fingerprint density at radius 2 is 1.80 bits per heavy atom. The van der Waals surface area contributed by atoms with Gasteiger partial charge in [0.15, 0.2) is 5.16 Å². The van der Waals surface area contributed by atoms with Crippen LogP contribution in [0.15, 0.2) is 59.8 Å². The van der Waals surface area contributed by atoms with Crippen LogP contribution in [0, 0.1) is 5.82 Å². The fourth-order valence-electron chi connectivity index (χ4n) is 2.86. The molecular formula is C22H25FN4OS2. The molecule has 0 radical (unpaired) electrons. The zero-order valence-corrected chi connectivity index (χ0v) is 18.5. The number of hydrogen-bond acceptors (Lipinski definition) is 5. The van der Waals surface area contributed by atoms with E-state index in [9.17, 15) is 9.18 Å². The Bertz CT molecular complexity index is 932. The molecule has 0 fully saturated rings. The molecule has 0 saturated carbocycles. The first-order valence-corrected chi connectivity index (χ1v) is 12.0. The largest absolute Gasteiger partial charge is 0.355 e. The first-order chi connectivity index (χ1) is 14.7. The van der Waals surface area contributed by atoms with E-state index >= 15 is 0 Å². The van der Waals surface area contributed by atoms with E-state index in [1.54, 1.807) is 23.9 Å². The number of benzene rings is 2. The number of nitrogens with zero attached hydrogens (tertiary/aromatic N) is 3. The maximum absolute atomic E-state index is 13.0. The molecular weight excluding hydrogens is 419 g/mol. The van der Waals surface area contributed by atoms with Crippen LogP contribution < -0.4 is 5.32 Å². The number of amides is 1. The van der Waals surface area contributed by atoms with Crippen LogP contribution in [-0.2, 0) is 29.3 Å². The molecule has 5 nitrogen and oxygen atoms in total. The van der Waals surface area contributed by atoms with E-state index in [-0.39, 0.29) is 11.7 Å². The molecule has 2 aromatic carbocycles. The lowest BCUT2D eigenvalue weighted by atomic mass is 10.1. The molecule has 3 aromatic rings. The predicted molar refractivity (Wildman–Crippen MR) is 121 cm³/mol. The topological polar surface area (TPSA) is 59.8 Å². The van der Waals surface area contributed by atoms with Gasteiger partial charge in [-0.3, -0.25) is 4.79 Å². The number of carbonyl (C=O) groups excluding carboxylic acids is 1.